The third-order valence-corrected chi connectivity index (χ3v) is 4.93. The van der Waals surface area contributed by atoms with E-state index in [1.54, 1.807) is 18.2 Å². The maximum Gasteiger partial charge on any atom is 0.251 e. The van der Waals surface area contributed by atoms with E-state index in [-0.39, 0.29) is 19.0 Å². The van der Waals surface area contributed by atoms with Gasteiger partial charge < -0.3 is 14.8 Å². The smallest absolute Gasteiger partial charge is 0.251 e. The summed E-state index contributed by atoms with van der Waals surface area (Å²) in [6, 6.07) is 4.84. The van der Waals surface area contributed by atoms with Crippen LogP contribution in [0.5, 0.6) is 11.5 Å². The molecule has 0 unspecified atom stereocenters. The number of ether oxygens (including phenoxy) is 2. The van der Waals surface area contributed by atoms with E-state index >= 15 is 0 Å². The molecule has 0 fully saturated rings. The van der Waals surface area contributed by atoms with Crippen LogP contribution in [0.25, 0.3) is 0 Å². The maximum absolute atomic E-state index is 12.2. The molecule has 1 aromatic carbocycles. The molecule has 0 aliphatic heterocycles. The molecule has 0 aliphatic carbocycles. The third kappa shape index (κ3) is 5.38. The summed E-state index contributed by atoms with van der Waals surface area (Å²) in [5.74, 6) is 0.681. The number of benzene rings is 1. The Labute approximate surface area is 144 Å². The summed E-state index contributed by atoms with van der Waals surface area (Å²) >= 11 is 0. The molecule has 1 amide bonds. The van der Waals surface area contributed by atoms with Gasteiger partial charge in [-0.2, -0.15) is 4.31 Å². The molecule has 0 radical (unpaired) electrons. The number of hydrogen-bond donors (Lipinski definition) is 1. The van der Waals surface area contributed by atoms with Gasteiger partial charge in [-0.1, -0.05) is 0 Å². The van der Waals surface area contributed by atoms with Gasteiger partial charge in [0.05, 0.1) is 20.5 Å². The quantitative estimate of drug-likeness (QED) is 0.798. The fourth-order valence-corrected chi connectivity index (χ4v) is 3.77. The van der Waals surface area contributed by atoms with Gasteiger partial charge in [-0.15, -0.1) is 0 Å². The molecule has 1 aromatic rings. The Morgan fingerprint density at radius 2 is 1.75 bits per heavy atom. The first-order valence-electron chi connectivity index (χ1n) is 7.48. The molecule has 24 heavy (non-hydrogen) atoms. The van der Waals surface area contributed by atoms with Crippen LogP contribution in [0.3, 0.4) is 0 Å². The van der Waals surface area contributed by atoms with Crippen LogP contribution in [0.1, 0.15) is 31.1 Å². The normalized spacial score (nSPS) is 12.1. The molecule has 0 atom stereocenters. The van der Waals surface area contributed by atoms with Crippen LogP contribution >= 0.6 is 0 Å². The lowest BCUT2D eigenvalue weighted by molar-refractivity contribution is 0.0947. The van der Waals surface area contributed by atoms with Gasteiger partial charge in [0.2, 0.25) is 10.0 Å². The van der Waals surface area contributed by atoms with Crippen molar-refractivity contribution in [3.05, 3.63) is 23.8 Å². The zero-order valence-electron chi connectivity index (χ0n) is 15.0. The lowest BCUT2D eigenvalue weighted by Crippen LogP contribution is -2.48. The predicted molar refractivity (Wildman–Crippen MR) is 93.2 cm³/mol. The van der Waals surface area contributed by atoms with Crippen LogP contribution in [0.4, 0.5) is 0 Å². The first-order valence-corrected chi connectivity index (χ1v) is 9.33. The van der Waals surface area contributed by atoms with Crippen LogP contribution < -0.4 is 14.8 Å². The van der Waals surface area contributed by atoms with Gasteiger partial charge in [-0.05, 0) is 39.0 Å². The molecule has 1 N–H and O–H groups in total. The highest BCUT2D eigenvalue weighted by atomic mass is 32.2. The zero-order chi connectivity index (χ0) is 18.5. The summed E-state index contributed by atoms with van der Waals surface area (Å²) in [5.41, 5.74) is -0.143. The van der Waals surface area contributed by atoms with Crippen molar-refractivity contribution >= 4 is 15.9 Å². The largest absolute Gasteiger partial charge is 0.493 e. The van der Waals surface area contributed by atoms with Crippen molar-refractivity contribution < 1.29 is 22.7 Å². The highest BCUT2D eigenvalue weighted by Gasteiger charge is 2.29. The predicted octanol–water partition coefficient (Wildman–Crippen LogP) is 1.49. The SMILES string of the molecule is COc1ccc(C(=O)NCCN(C(C)(C)C)S(C)(=O)=O)cc1OC. The molecule has 8 heteroatoms. The van der Waals surface area contributed by atoms with Gasteiger partial charge in [0.1, 0.15) is 0 Å². The number of sulfonamides is 1. The number of nitrogens with zero attached hydrogens (tertiary/aromatic N) is 1. The second kappa shape index (κ2) is 7.85. The Morgan fingerprint density at radius 3 is 2.21 bits per heavy atom. The van der Waals surface area contributed by atoms with E-state index in [0.29, 0.717) is 17.1 Å². The van der Waals surface area contributed by atoms with Crippen LogP contribution in [0.15, 0.2) is 18.2 Å². The Hall–Kier alpha value is -1.80. The molecule has 1 rings (SSSR count). The molecule has 7 nitrogen and oxygen atoms in total. The average molecular weight is 358 g/mol. The van der Waals surface area contributed by atoms with Crippen molar-refractivity contribution in [2.45, 2.75) is 26.3 Å². The van der Waals surface area contributed by atoms with Gasteiger partial charge in [-0.25, -0.2) is 8.42 Å². The van der Waals surface area contributed by atoms with E-state index in [2.05, 4.69) is 5.32 Å². The summed E-state index contributed by atoms with van der Waals surface area (Å²) in [6.45, 7) is 5.83. The van der Waals surface area contributed by atoms with Gasteiger partial charge >= 0.3 is 0 Å². The van der Waals surface area contributed by atoms with Gasteiger partial charge in [0, 0.05) is 24.2 Å². The van der Waals surface area contributed by atoms with E-state index in [0.717, 1.165) is 6.26 Å². The molecule has 0 saturated carbocycles. The van der Waals surface area contributed by atoms with Crippen LogP contribution in [-0.2, 0) is 10.0 Å². The first-order chi connectivity index (χ1) is 11.0. The second-order valence-corrected chi connectivity index (χ2v) is 8.24. The average Bonchev–Trinajstić information content (AvgIpc) is 2.47. The molecule has 0 aliphatic rings. The number of carbonyl (C=O) groups is 1. The van der Waals surface area contributed by atoms with Gasteiger partial charge in [0.25, 0.3) is 5.91 Å². The number of rotatable bonds is 7. The number of hydrogen-bond acceptors (Lipinski definition) is 5. The van der Waals surface area contributed by atoms with Crippen LogP contribution in [-0.4, -0.2) is 57.7 Å². The van der Waals surface area contributed by atoms with Crippen LogP contribution in [0.2, 0.25) is 0 Å². The first kappa shape index (κ1) is 20.2. The fourth-order valence-electron chi connectivity index (χ4n) is 2.35. The Morgan fingerprint density at radius 1 is 1.17 bits per heavy atom. The minimum absolute atomic E-state index is 0.196. The van der Waals surface area contributed by atoms with Crippen molar-refractivity contribution in [1.29, 1.82) is 0 Å². The molecule has 0 heterocycles. The van der Waals surface area contributed by atoms with Gasteiger partial charge in [0.15, 0.2) is 11.5 Å². The summed E-state index contributed by atoms with van der Waals surface area (Å²) < 4.78 is 35.4. The maximum atomic E-state index is 12.2. The molecular formula is C16H26N2O5S. The minimum Gasteiger partial charge on any atom is -0.493 e. The Kier molecular flexibility index (Phi) is 6.62. The van der Waals surface area contributed by atoms with E-state index in [4.69, 9.17) is 9.47 Å². The summed E-state index contributed by atoms with van der Waals surface area (Å²) in [7, 11) is -0.349. The van der Waals surface area contributed by atoms with Crippen molar-refractivity contribution in [3.8, 4) is 11.5 Å². The standard InChI is InChI=1S/C16H26N2O5S/c1-16(2,3)18(24(6,20)21)10-9-17-15(19)12-7-8-13(22-4)14(11-12)23-5/h7-8,11H,9-10H2,1-6H3,(H,17,19). The highest BCUT2D eigenvalue weighted by molar-refractivity contribution is 7.88. The summed E-state index contributed by atoms with van der Waals surface area (Å²) in [6.07, 6.45) is 1.16. The summed E-state index contributed by atoms with van der Waals surface area (Å²) in [5, 5.41) is 2.72. The number of carbonyl (C=O) groups excluding carboxylic acids is 1. The van der Waals surface area contributed by atoms with E-state index in [1.807, 2.05) is 20.8 Å². The molecule has 0 aromatic heterocycles. The number of nitrogens with one attached hydrogen (secondary N) is 1. The molecule has 0 spiro atoms. The Bertz CT molecular complexity index is 680. The number of amides is 1. The number of methoxy groups -OCH3 is 2. The van der Waals surface area contributed by atoms with E-state index in [9.17, 15) is 13.2 Å². The van der Waals surface area contributed by atoms with E-state index < -0.39 is 15.6 Å². The topological polar surface area (TPSA) is 84.9 Å². The molecule has 0 bridgehead atoms. The summed E-state index contributed by atoms with van der Waals surface area (Å²) in [4.78, 5) is 12.2. The van der Waals surface area contributed by atoms with Gasteiger partial charge in [-0.3, -0.25) is 4.79 Å². The lowest BCUT2D eigenvalue weighted by atomic mass is 10.1. The molecule has 136 valence electrons. The zero-order valence-corrected chi connectivity index (χ0v) is 15.9. The van der Waals surface area contributed by atoms with Crippen molar-refractivity contribution in [1.82, 2.24) is 9.62 Å². The van der Waals surface area contributed by atoms with Crippen molar-refractivity contribution in [2.24, 2.45) is 0 Å². The monoisotopic (exact) mass is 358 g/mol. The minimum atomic E-state index is -3.36. The Balaban J connectivity index is 2.76. The van der Waals surface area contributed by atoms with Crippen molar-refractivity contribution in [2.75, 3.05) is 33.6 Å². The second-order valence-electron chi connectivity index (χ2n) is 6.33. The molecular weight excluding hydrogens is 332 g/mol. The van der Waals surface area contributed by atoms with Crippen LogP contribution in [0, 0.1) is 0 Å². The highest BCUT2D eigenvalue weighted by Crippen LogP contribution is 2.27. The lowest BCUT2D eigenvalue weighted by Gasteiger charge is -2.33. The van der Waals surface area contributed by atoms with E-state index in [1.165, 1.54) is 18.5 Å². The fraction of sp³-hybridized carbons (Fsp3) is 0.562. The van der Waals surface area contributed by atoms with Crippen molar-refractivity contribution in [3.63, 3.8) is 0 Å². The third-order valence-electron chi connectivity index (χ3n) is 3.39. The molecule has 0 saturated heterocycles.